The number of carbonyl (C=O) groups is 2. The molecule has 1 aliphatic rings. The molecule has 1 saturated heterocycles. The van der Waals surface area contributed by atoms with Crippen LogP contribution in [0, 0.1) is 6.92 Å². The van der Waals surface area contributed by atoms with Gasteiger partial charge in [-0.05, 0) is 31.2 Å². The number of H-pyrrole nitrogens is 1. The SMILES string of the molecule is COC(=O)c1[nH]c2ccc(C)cc2c1NC(=O)CCN1CCN(c2ccccc2)CC1. The van der Waals surface area contributed by atoms with Crippen LogP contribution >= 0.6 is 0 Å². The zero-order chi connectivity index (χ0) is 21.8. The molecule has 31 heavy (non-hydrogen) atoms. The number of aromatic nitrogens is 1. The normalized spacial score (nSPS) is 14.6. The number of hydrogen-bond acceptors (Lipinski definition) is 5. The van der Waals surface area contributed by atoms with Crippen molar-refractivity contribution in [1.29, 1.82) is 0 Å². The summed E-state index contributed by atoms with van der Waals surface area (Å²) in [6, 6.07) is 16.2. The predicted molar refractivity (Wildman–Crippen MR) is 123 cm³/mol. The zero-order valence-electron chi connectivity index (χ0n) is 18.0. The predicted octanol–water partition coefficient (Wildman–Crippen LogP) is 3.41. The standard InChI is InChI=1S/C24H28N4O3/c1-17-8-9-20-19(16-17)22(23(25-20)24(30)31-2)26-21(29)10-11-27-12-14-28(15-13-27)18-6-4-3-5-7-18/h3-9,16,25H,10-15H2,1-2H3,(H,26,29). The summed E-state index contributed by atoms with van der Waals surface area (Å²) < 4.78 is 4.89. The van der Waals surface area contributed by atoms with Crippen LogP contribution in [0.1, 0.15) is 22.5 Å². The van der Waals surface area contributed by atoms with Crippen molar-refractivity contribution in [3.63, 3.8) is 0 Å². The fraction of sp³-hybridized carbons (Fsp3) is 0.333. The largest absolute Gasteiger partial charge is 0.464 e. The molecular weight excluding hydrogens is 392 g/mol. The van der Waals surface area contributed by atoms with Crippen molar-refractivity contribution in [3.8, 4) is 0 Å². The number of anilines is 2. The lowest BCUT2D eigenvalue weighted by Crippen LogP contribution is -2.47. The second-order valence-electron chi connectivity index (χ2n) is 7.88. The Labute approximate surface area is 182 Å². The van der Waals surface area contributed by atoms with E-state index in [-0.39, 0.29) is 11.6 Å². The van der Waals surface area contributed by atoms with Gasteiger partial charge < -0.3 is 19.9 Å². The summed E-state index contributed by atoms with van der Waals surface area (Å²) in [7, 11) is 1.33. The highest BCUT2D eigenvalue weighted by Gasteiger charge is 2.22. The Morgan fingerprint density at radius 1 is 1.06 bits per heavy atom. The molecule has 1 amide bonds. The van der Waals surface area contributed by atoms with Crippen LogP contribution in [0.4, 0.5) is 11.4 Å². The maximum atomic E-state index is 12.7. The van der Waals surface area contributed by atoms with E-state index in [1.165, 1.54) is 12.8 Å². The summed E-state index contributed by atoms with van der Waals surface area (Å²) in [5.74, 6) is -0.612. The van der Waals surface area contributed by atoms with E-state index in [9.17, 15) is 9.59 Å². The summed E-state index contributed by atoms with van der Waals surface area (Å²) >= 11 is 0. The molecule has 1 aromatic heterocycles. The molecule has 4 rings (SSSR count). The second-order valence-corrected chi connectivity index (χ2v) is 7.88. The minimum atomic E-state index is -0.499. The number of aryl methyl sites for hydroxylation is 1. The topological polar surface area (TPSA) is 77.7 Å². The monoisotopic (exact) mass is 420 g/mol. The van der Waals surface area contributed by atoms with E-state index < -0.39 is 5.97 Å². The van der Waals surface area contributed by atoms with Crippen molar-refractivity contribution in [1.82, 2.24) is 9.88 Å². The number of amides is 1. The van der Waals surface area contributed by atoms with Gasteiger partial charge in [-0.3, -0.25) is 9.69 Å². The van der Waals surface area contributed by atoms with Crippen molar-refractivity contribution < 1.29 is 14.3 Å². The van der Waals surface area contributed by atoms with E-state index in [2.05, 4.69) is 44.4 Å². The molecule has 7 nitrogen and oxygen atoms in total. The maximum Gasteiger partial charge on any atom is 0.356 e. The van der Waals surface area contributed by atoms with Crippen LogP contribution in [0.15, 0.2) is 48.5 Å². The minimum Gasteiger partial charge on any atom is -0.464 e. The van der Waals surface area contributed by atoms with Crippen LogP contribution < -0.4 is 10.2 Å². The highest BCUT2D eigenvalue weighted by Crippen LogP contribution is 2.29. The van der Waals surface area contributed by atoms with Crippen LogP contribution in [0.2, 0.25) is 0 Å². The highest BCUT2D eigenvalue weighted by molar-refractivity contribution is 6.11. The van der Waals surface area contributed by atoms with Gasteiger partial charge in [0.2, 0.25) is 5.91 Å². The number of fused-ring (bicyclic) bond motifs is 1. The molecular formula is C24H28N4O3. The second kappa shape index (κ2) is 9.22. The molecule has 2 N–H and O–H groups in total. The van der Waals surface area contributed by atoms with Gasteiger partial charge in [0.05, 0.1) is 12.8 Å². The Hall–Kier alpha value is -3.32. The number of esters is 1. The molecule has 0 atom stereocenters. The summed E-state index contributed by atoms with van der Waals surface area (Å²) in [6.45, 7) is 6.39. The molecule has 1 aliphatic heterocycles. The van der Waals surface area contributed by atoms with Crippen molar-refractivity contribution in [3.05, 3.63) is 59.8 Å². The van der Waals surface area contributed by atoms with E-state index in [0.717, 1.165) is 42.6 Å². The van der Waals surface area contributed by atoms with Gasteiger partial charge in [-0.25, -0.2) is 4.79 Å². The van der Waals surface area contributed by atoms with Crippen molar-refractivity contribution in [2.45, 2.75) is 13.3 Å². The van der Waals surface area contributed by atoms with E-state index in [1.54, 1.807) is 0 Å². The van der Waals surface area contributed by atoms with E-state index in [0.29, 0.717) is 18.7 Å². The Kier molecular flexibility index (Phi) is 6.23. The quantitative estimate of drug-likeness (QED) is 0.598. The fourth-order valence-corrected chi connectivity index (χ4v) is 4.02. The Bertz CT molecular complexity index is 1070. The van der Waals surface area contributed by atoms with Gasteiger partial charge in [0.15, 0.2) is 0 Å². The fourth-order valence-electron chi connectivity index (χ4n) is 4.02. The lowest BCUT2D eigenvalue weighted by Gasteiger charge is -2.36. The third-order valence-corrected chi connectivity index (χ3v) is 5.76. The Morgan fingerprint density at radius 2 is 1.81 bits per heavy atom. The van der Waals surface area contributed by atoms with Gasteiger partial charge in [-0.1, -0.05) is 29.8 Å². The van der Waals surface area contributed by atoms with Gasteiger partial charge in [-0.15, -0.1) is 0 Å². The number of rotatable bonds is 6. The van der Waals surface area contributed by atoms with Crippen molar-refractivity contribution in [2.75, 3.05) is 50.1 Å². The first-order valence-electron chi connectivity index (χ1n) is 10.6. The van der Waals surface area contributed by atoms with Crippen LogP contribution in [0.25, 0.3) is 10.9 Å². The lowest BCUT2D eigenvalue weighted by atomic mass is 10.1. The number of ether oxygens (including phenoxy) is 1. The summed E-state index contributed by atoms with van der Waals surface area (Å²) in [5.41, 5.74) is 3.84. The number of hydrogen-bond donors (Lipinski definition) is 2. The number of aromatic amines is 1. The van der Waals surface area contributed by atoms with E-state index in [1.807, 2.05) is 31.2 Å². The maximum absolute atomic E-state index is 12.7. The van der Waals surface area contributed by atoms with E-state index >= 15 is 0 Å². The lowest BCUT2D eigenvalue weighted by molar-refractivity contribution is -0.116. The van der Waals surface area contributed by atoms with Gasteiger partial charge >= 0.3 is 5.97 Å². The molecule has 2 aromatic carbocycles. The summed E-state index contributed by atoms with van der Waals surface area (Å²) in [5, 5.41) is 3.75. The first-order valence-corrected chi connectivity index (χ1v) is 10.6. The molecule has 7 heteroatoms. The molecule has 0 radical (unpaired) electrons. The van der Waals surface area contributed by atoms with Crippen molar-refractivity contribution in [2.24, 2.45) is 0 Å². The number of piperazine rings is 1. The van der Waals surface area contributed by atoms with Gasteiger partial charge in [-0.2, -0.15) is 0 Å². The van der Waals surface area contributed by atoms with Gasteiger partial charge in [0.25, 0.3) is 0 Å². The first kappa shape index (κ1) is 20.9. The third-order valence-electron chi connectivity index (χ3n) is 5.76. The molecule has 0 bridgehead atoms. The smallest absolute Gasteiger partial charge is 0.356 e. The molecule has 0 spiro atoms. The zero-order valence-corrected chi connectivity index (χ0v) is 18.0. The average Bonchev–Trinajstić information content (AvgIpc) is 3.15. The molecule has 0 aliphatic carbocycles. The number of para-hydroxylation sites is 1. The van der Waals surface area contributed by atoms with Crippen LogP contribution in [-0.4, -0.2) is 61.6 Å². The average molecular weight is 421 g/mol. The van der Waals surface area contributed by atoms with Crippen LogP contribution in [0.3, 0.4) is 0 Å². The number of carbonyl (C=O) groups excluding carboxylic acids is 2. The first-order chi connectivity index (χ1) is 15.0. The van der Waals surface area contributed by atoms with Gasteiger partial charge in [0, 0.05) is 55.7 Å². The molecule has 2 heterocycles. The summed E-state index contributed by atoms with van der Waals surface area (Å²) in [4.78, 5) is 32.7. The van der Waals surface area contributed by atoms with Gasteiger partial charge in [0.1, 0.15) is 5.69 Å². The van der Waals surface area contributed by atoms with E-state index in [4.69, 9.17) is 4.74 Å². The van der Waals surface area contributed by atoms with Crippen LogP contribution in [-0.2, 0) is 9.53 Å². The molecule has 0 unspecified atom stereocenters. The third kappa shape index (κ3) is 4.72. The summed E-state index contributed by atoms with van der Waals surface area (Å²) in [6.07, 6.45) is 0.366. The minimum absolute atomic E-state index is 0.113. The van der Waals surface area contributed by atoms with Crippen molar-refractivity contribution >= 4 is 34.2 Å². The van der Waals surface area contributed by atoms with Crippen LogP contribution in [0.5, 0.6) is 0 Å². The highest BCUT2D eigenvalue weighted by atomic mass is 16.5. The number of nitrogens with zero attached hydrogens (tertiary/aromatic N) is 2. The molecule has 3 aromatic rings. The number of methoxy groups -OCH3 is 1. The number of benzene rings is 2. The number of nitrogens with one attached hydrogen (secondary N) is 2. The Balaban J connectivity index is 1.37. The Morgan fingerprint density at radius 3 is 2.52 bits per heavy atom. The molecule has 162 valence electrons. The molecule has 0 saturated carbocycles. The molecule has 1 fully saturated rings.